The van der Waals surface area contributed by atoms with Gasteiger partial charge in [0.25, 0.3) is 0 Å². The molecule has 1 aromatic carbocycles. The molecule has 0 spiro atoms. The quantitative estimate of drug-likeness (QED) is 0.511. The number of para-hydroxylation sites is 2. The van der Waals surface area contributed by atoms with E-state index in [0.717, 1.165) is 31.3 Å². The van der Waals surface area contributed by atoms with Crippen LogP contribution in [0.4, 0.5) is 18.9 Å². The molecule has 0 fully saturated rings. The molecule has 0 aliphatic heterocycles. The topological polar surface area (TPSA) is 38.8 Å². The first-order valence-electron chi connectivity index (χ1n) is 9.26. The highest BCUT2D eigenvalue weighted by molar-refractivity contribution is 5.99. The van der Waals surface area contributed by atoms with Crippen LogP contribution < -0.4 is 9.64 Å². The molecule has 1 atom stereocenters. The van der Waals surface area contributed by atoms with E-state index in [2.05, 4.69) is 11.8 Å². The number of carbonyl (C=O) groups excluding carboxylic acids is 1. The third-order valence-electron chi connectivity index (χ3n) is 4.12. The highest BCUT2D eigenvalue weighted by atomic mass is 19.4. The van der Waals surface area contributed by atoms with E-state index in [1.807, 2.05) is 6.08 Å². The lowest BCUT2D eigenvalue weighted by Gasteiger charge is -2.25. The largest absolute Gasteiger partial charge is 0.471 e. The highest BCUT2D eigenvalue weighted by Gasteiger charge is 2.43. The van der Waals surface area contributed by atoms with Gasteiger partial charge in [-0.05, 0) is 57.2 Å². The zero-order valence-electron chi connectivity index (χ0n) is 16.0. The minimum Gasteiger partial charge on any atom is -0.463 e. The average Bonchev–Trinajstić information content (AvgIpc) is 2.66. The minimum absolute atomic E-state index is 0.00306. The molecule has 4 nitrogen and oxygen atoms in total. The molecule has 0 bridgehead atoms. The van der Waals surface area contributed by atoms with Gasteiger partial charge in [-0.2, -0.15) is 13.2 Å². The van der Waals surface area contributed by atoms with Crippen LogP contribution in [0.5, 0.6) is 5.75 Å². The second-order valence-corrected chi connectivity index (χ2v) is 6.27. The molecule has 1 unspecified atom stereocenters. The van der Waals surface area contributed by atoms with E-state index in [4.69, 9.17) is 9.47 Å². The molecule has 0 saturated heterocycles. The SMILES string of the molecule is CCOC(C)Oc1ccccc1N(CC#CC1=CCCCC1)C(=O)C(F)(F)F. The summed E-state index contributed by atoms with van der Waals surface area (Å²) < 4.78 is 50.4. The van der Waals surface area contributed by atoms with Gasteiger partial charge in [0.05, 0.1) is 12.2 Å². The highest BCUT2D eigenvalue weighted by Crippen LogP contribution is 2.32. The smallest absolute Gasteiger partial charge is 0.463 e. The molecular weight excluding hydrogens is 371 g/mol. The Morgan fingerprint density at radius 1 is 1.29 bits per heavy atom. The Labute approximate surface area is 163 Å². The Hall–Kier alpha value is -2.46. The normalized spacial score (nSPS) is 15.1. The minimum atomic E-state index is -5.02. The van der Waals surface area contributed by atoms with Gasteiger partial charge in [-0.1, -0.05) is 30.0 Å². The van der Waals surface area contributed by atoms with E-state index < -0.39 is 18.4 Å². The molecule has 1 aliphatic carbocycles. The van der Waals surface area contributed by atoms with Crippen LogP contribution in [0.3, 0.4) is 0 Å². The first-order valence-corrected chi connectivity index (χ1v) is 9.26. The van der Waals surface area contributed by atoms with Crippen LogP contribution in [-0.4, -0.2) is 31.5 Å². The summed E-state index contributed by atoms with van der Waals surface area (Å²) in [5, 5.41) is 0. The Kier molecular flexibility index (Phi) is 7.94. The van der Waals surface area contributed by atoms with Crippen molar-refractivity contribution in [3.8, 4) is 17.6 Å². The zero-order valence-corrected chi connectivity index (χ0v) is 16.0. The summed E-state index contributed by atoms with van der Waals surface area (Å²) in [6.45, 7) is 3.40. The van der Waals surface area contributed by atoms with Crippen LogP contribution in [0, 0.1) is 11.8 Å². The first kappa shape index (κ1) is 21.8. The monoisotopic (exact) mass is 395 g/mol. The first-order chi connectivity index (χ1) is 13.3. The lowest BCUT2D eigenvalue weighted by Crippen LogP contribution is -2.41. The van der Waals surface area contributed by atoms with Crippen LogP contribution in [0.1, 0.15) is 39.5 Å². The summed E-state index contributed by atoms with van der Waals surface area (Å²) >= 11 is 0. The second kappa shape index (κ2) is 10.2. The molecule has 0 aromatic heterocycles. The van der Waals surface area contributed by atoms with Gasteiger partial charge < -0.3 is 9.47 Å². The van der Waals surface area contributed by atoms with Crippen molar-refractivity contribution in [3.63, 3.8) is 0 Å². The molecule has 28 heavy (non-hydrogen) atoms. The summed E-state index contributed by atoms with van der Waals surface area (Å²) in [5.41, 5.74) is 0.906. The summed E-state index contributed by atoms with van der Waals surface area (Å²) in [4.78, 5) is 12.6. The predicted molar refractivity (Wildman–Crippen MR) is 101 cm³/mol. The van der Waals surface area contributed by atoms with E-state index in [9.17, 15) is 18.0 Å². The van der Waals surface area contributed by atoms with Crippen LogP contribution in [0.25, 0.3) is 0 Å². The second-order valence-electron chi connectivity index (χ2n) is 6.27. The molecule has 1 amide bonds. The number of nitrogens with zero attached hydrogens (tertiary/aromatic N) is 1. The van der Waals surface area contributed by atoms with Gasteiger partial charge in [0, 0.05) is 6.61 Å². The van der Waals surface area contributed by atoms with Gasteiger partial charge in [-0.3, -0.25) is 9.69 Å². The third-order valence-corrected chi connectivity index (χ3v) is 4.12. The van der Waals surface area contributed by atoms with Gasteiger partial charge in [-0.25, -0.2) is 0 Å². The Morgan fingerprint density at radius 2 is 2.04 bits per heavy atom. The van der Waals surface area contributed by atoms with E-state index in [0.29, 0.717) is 11.5 Å². The molecule has 1 aromatic rings. The standard InChI is InChI=1S/C21H24F3NO3/c1-3-27-16(2)28-19-14-8-7-13-18(19)25(20(26)21(22,23)24)15-9-12-17-10-5-4-6-11-17/h7-8,10,13-14,16H,3-6,11,15H2,1-2H3. The molecule has 152 valence electrons. The molecular formula is C21H24F3NO3. The molecule has 0 radical (unpaired) electrons. The summed E-state index contributed by atoms with van der Waals surface area (Å²) in [5.74, 6) is 3.74. The predicted octanol–water partition coefficient (Wildman–Crippen LogP) is 4.85. The van der Waals surface area contributed by atoms with Crippen molar-refractivity contribution in [2.45, 2.75) is 52.0 Å². The van der Waals surface area contributed by atoms with Gasteiger partial charge >= 0.3 is 12.1 Å². The van der Waals surface area contributed by atoms with E-state index in [1.54, 1.807) is 26.0 Å². The number of anilines is 1. The number of benzene rings is 1. The molecule has 2 rings (SSSR count). The van der Waals surface area contributed by atoms with Crippen molar-refractivity contribution in [2.75, 3.05) is 18.1 Å². The van der Waals surface area contributed by atoms with Gasteiger partial charge in [0.2, 0.25) is 0 Å². The van der Waals surface area contributed by atoms with Crippen LogP contribution in [-0.2, 0) is 9.53 Å². The maximum Gasteiger partial charge on any atom is 0.471 e. The number of amides is 1. The number of hydrogen-bond acceptors (Lipinski definition) is 3. The number of carbonyl (C=O) groups is 1. The van der Waals surface area contributed by atoms with Gasteiger partial charge in [-0.15, -0.1) is 0 Å². The molecule has 1 aliphatic rings. The van der Waals surface area contributed by atoms with Crippen molar-refractivity contribution in [2.24, 2.45) is 0 Å². The summed E-state index contributed by atoms with van der Waals surface area (Å²) in [6, 6.07) is 6.06. The Balaban J connectivity index is 2.30. The number of halogens is 3. The van der Waals surface area contributed by atoms with E-state index in [-0.39, 0.29) is 18.0 Å². The fraction of sp³-hybridized carbons (Fsp3) is 0.476. The number of hydrogen-bond donors (Lipinski definition) is 0. The molecule has 0 saturated carbocycles. The lowest BCUT2D eigenvalue weighted by atomic mass is 10.0. The lowest BCUT2D eigenvalue weighted by molar-refractivity contribution is -0.170. The zero-order chi connectivity index (χ0) is 20.6. The Bertz CT molecular complexity index is 762. The van der Waals surface area contributed by atoms with Crippen LogP contribution >= 0.6 is 0 Å². The van der Waals surface area contributed by atoms with Gasteiger partial charge in [0.15, 0.2) is 6.29 Å². The fourth-order valence-electron chi connectivity index (χ4n) is 2.83. The molecule has 0 heterocycles. The van der Waals surface area contributed by atoms with Crippen molar-refractivity contribution in [1.82, 2.24) is 0 Å². The number of allylic oxidation sites excluding steroid dienone is 2. The van der Waals surface area contributed by atoms with E-state index in [1.165, 1.54) is 12.1 Å². The molecule has 0 N–H and O–H groups in total. The summed E-state index contributed by atoms with van der Waals surface area (Å²) in [7, 11) is 0. The van der Waals surface area contributed by atoms with Crippen molar-refractivity contribution >= 4 is 11.6 Å². The van der Waals surface area contributed by atoms with Crippen molar-refractivity contribution in [3.05, 3.63) is 35.9 Å². The summed E-state index contributed by atoms with van der Waals surface area (Å²) in [6.07, 6.45) is 0.127. The van der Waals surface area contributed by atoms with Crippen molar-refractivity contribution in [1.29, 1.82) is 0 Å². The van der Waals surface area contributed by atoms with Crippen molar-refractivity contribution < 1.29 is 27.4 Å². The number of alkyl halides is 3. The maximum absolute atomic E-state index is 13.2. The Morgan fingerprint density at radius 3 is 2.68 bits per heavy atom. The number of ether oxygens (including phenoxy) is 2. The van der Waals surface area contributed by atoms with Crippen LogP contribution in [0.2, 0.25) is 0 Å². The van der Waals surface area contributed by atoms with Gasteiger partial charge in [0.1, 0.15) is 5.75 Å². The number of rotatable bonds is 6. The third kappa shape index (κ3) is 6.31. The average molecular weight is 395 g/mol. The van der Waals surface area contributed by atoms with Crippen LogP contribution in [0.15, 0.2) is 35.9 Å². The molecule has 7 heteroatoms. The maximum atomic E-state index is 13.2. The van der Waals surface area contributed by atoms with E-state index >= 15 is 0 Å². The fourth-order valence-corrected chi connectivity index (χ4v) is 2.83.